The minimum atomic E-state index is -0.313. The summed E-state index contributed by atoms with van der Waals surface area (Å²) in [5.41, 5.74) is 4.39. The van der Waals surface area contributed by atoms with Crippen molar-refractivity contribution in [3.63, 3.8) is 0 Å². The Hall–Kier alpha value is -4.62. The summed E-state index contributed by atoms with van der Waals surface area (Å²) in [5.74, 6) is -0.463. The maximum Gasteiger partial charge on any atom is 0.293 e. The zero-order chi connectivity index (χ0) is 26.9. The fraction of sp³-hybridized carbons (Fsp3) is 0.0938. The molecule has 3 amide bonds. The molecule has 39 heavy (non-hydrogen) atoms. The van der Waals surface area contributed by atoms with Gasteiger partial charge in [-0.25, -0.2) is 0 Å². The molecule has 0 aliphatic carbocycles. The Morgan fingerprint density at radius 1 is 0.897 bits per heavy atom. The van der Waals surface area contributed by atoms with E-state index in [-0.39, 0.29) is 30.1 Å². The van der Waals surface area contributed by atoms with Gasteiger partial charge in [-0.15, -0.1) is 0 Å². The lowest BCUT2D eigenvalue weighted by atomic mass is 10.0. The fourth-order valence-corrected chi connectivity index (χ4v) is 5.81. The number of carbonyl (C=O) groups is 3. The van der Waals surface area contributed by atoms with Crippen molar-refractivity contribution >= 4 is 62.3 Å². The van der Waals surface area contributed by atoms with Gasteiger partial charge in [0.25, 0.3) is 11.1 Å². The van der Waals surface area contributed by atoms with Gasteiger partial charge in [0.2, 0.25) is 5.91 Å². The van der Waals surface area contributed by atoms with Gasteiger partial charge in [0, 0.05) is 28.4 Å². The predicted molar refractivity (Wildman–Crippen MR) is 157 cm³/mol. The number of para-hydroxylation sites is 1. The largest absolute Gasteiger partial charge is 0.337 e. The summed E-state index contributed by atoms with van der Waals surface area (Å²) < 4.78 is 1.87. The molecule has 0 radical (unpaired) electrons. The van der Waals surface area contributed by atoms with Crippen molar-refractivity contribution in [3.05, 3.63) is 119 Å². The number of nitrogens with zero attached hydrogens (tertiary/aromatic N) is 2. The van der Waals surface area contributed by atoms with Gasteiger partial charge in [-0.2, -0.15) is 0 Å². The van der Waals surface area contributed by atoms with Crippen LogP contribution in [0.25, 0.3) is 27.8 Å². The van der Waals surface area contributed by atoms with E-state index in [1.54, 1.807) is 6.08 Å². The number of amides is 3. The first-order valence-electron chi connectivity index (χ1n) is 12.6. The Bertz CT molecular complexity index is 1800. The highest BCUT2D eigenvalue weighted by Gasteiger charge is 2.35. The zero-order valence-corrected chi connectivity index (χ0v) is 22.1. The average molecular weight is 532 g/mol. The summed E-state index contributed by atoms with van der Waals surface area (Å²) in [7, 11) is 0. The fourth-order valence-electron chi connectivity index (χ4n) is 4.98. The number of hydrogen-bond donors (Lipinski definition) is 1. The van der Waals surface area contributed by atoms with E-state index in [1.165, 1.54) is 4.90 Å². The van der Waals surface area contributed by atoms with Gasteiger partial charge in [-0.05, 0) is 64.9 Å². The molecule has 0 bridgehead atoms. The van der Waals surface area contributed by atoms with Gasteiger partial charge in [-0.1, -0.05) is 72.8 Å². The number of aromatic nitrogens is 1. The van der Waals surface area contributed by atoms with Crippen LogP contribution in [-0.4, -0.2) is 26.5 Å². The third kappa shape index (κ3) is 4.96. The van der Waals surface area contributed by atoms with Crippen molar-refractivity contribution in [2.45, 2.75) is 20.0 Å². The monoisotopic (exact) mass is 531 g/mol. The molecule has 4 aromatic carbocycles. The van der Waals surface area contributed by atoms with E-state index in [9.17, 15) is 14.4 Å². The van der Waals surface area contributed by atoms with E-state index in [0.29, 0.717) is 4.91 Å². The Morgan fingerprint density at radius 3 is 2.49 bits per heavy atom. The van der Waals surface area contributed by atoms with Crippen molar-refractivity contribution in [2.75, 3.05) is 5.32 Å². The number of carbonyl (C=O) groups excluding carboxylic acids is 3. The van der Waals surface area contributed by atoms with Gasteiger partial charge in [0.1, 0.15) is 6.54 Å². The molecule has 1 aliphatic heterocycles. The molecule has 192 valence electrons. The van der Waals surface area contributed by atoms with E-state index < -0.39 is 0 Å². The number of aryl methyl sites for hydroxylation is 1. The first-order chi connectivity index (χ1) is 19.0. The maximum absolute atomic E-state index is 13.4. The second-order valence-electron chi connectivity index (χ2n) is 9.55. The molecule has 1 aliphatic rings. The van der Waals surface area contributed by atoms with Crippen LogP contribution in [0.4, 0.5) is 10.5 Å². The number of hydrogen-bond acceptors (Lipinski definition) is 4. The molecule has 5 aromatic rings. The van der Waals surface area contributed by atoms with Crippen LogP contribution in [0.1, 0.15) is 16.7 Å². The smallest absolute Gasteiger partial charge is 0.293 e. The lowest BCUT2D eigenvalue weighted by Gasteiger charge is -2.14. The average Bonchev–Trinajstić information content (AvgIpc) is 3.40. The molecule has 0 saturated carbocycles. The minimum Gasteiger partial charge on any atom is -0.337 e. The summed E-state index contributed by atoms with van der Waals surface area (Å²) in [6.07, 6.45) is 3.62. The number of thioether (sulfide) groups is 1. The molecule has 0 unspecified atom stereocenters. The molecule has 1 N–H and O–H groups in total. The maximum atomic E-state index is 13.4. The summed E-state index contributed by atoms with van der Waals surface area (Å²) >= 11 is 0.946. The predicted octanol–water partition coefficient (Wildman–Crippen LogP) is 6.98. The van der Waals surface area contributed by atoms with E-state index in [1.807, 2.05) is 109 Å². The Balaban J connectivity index is 1.26. The molecule has 1 fully saturated rings. The highest BCUT2D eigenvalue weighted by atomic mass is 32.2. The molecule has 2 heterocycles. The molecule has 6 nitrogen and oxygen atoms in total. The van der Waals surface area contributed by atoms with Crippen LogP contribution in [0.15, 0.2) is 102 Å². The molecule has 1 saturated heterocycles. The number of benzene rings is 4. The number of rotatable bonds is 6. The third-order valence-corrected chi connectivity index (χ3v) is 7.71. The molecule has 1 aromatic heterocycles. The Morgan fingerprint density at radius 2 is 1.64 bits per heavy atom. The van der Waals surface area contributed by atoms with Crippen molar-refractivity contribution in [2.24, 2.45) is 0 Å². The zero-order valence-electron chi connectivity index (χ0n) is 21.3. The molecule has 0 atom stereocenters. The van der Waals surface area contributed by atoms with Crippen molar-refractivity contribution < 1.29 is 14.4 Å². The van der Waals surface area contributed by atoms with Gasteiger partial charge in [-0.3, -0.25) is 19.3 Å². The Labute approximate surface area is 229 Å². The molecule has 6 rings (SSSR count). The molecule has 0 spiro atoms. The van der Waals surface area contributed by atoms with Crippen molar-refractivity contribution in [1.29, 1.82) is 0 Å². The van der Waals surface area contributed by atoms with Gasteiger partial charge >= 0.3 is 0 Å². The van der Waals surface area contributed by atoms with Gasteiger partial charge in [0.15, 0.2) is 0 Å². The van der Waals surface area contributed by atoms with Crippen LogP contribution >= 0.6 is 11.8 Å². The summed E-state index contributed by atoms with van der Waals surface area (Å²) in [5, 5.41) is 5.65. The highest BCUT2D eigenvalue weighted by molar-refractivity contribution is 8.18. The highest BCUT2D eigenvalue weighted by Crippen LogP contribution is 2.35. The molecule has 7 heteroatoms. The number of fused-ring (bicyclic) bond motifs is 2. The van der Waals surface area contributed by atoms with E-state index in [0.717, 1.165) is 55.8 Å². The second-order valence-corrected chi connectivity index (χ2v) is 10.5. The summed E-state index contributed by atoms with van der Waals surface area (Å²) in [6.45, 7) is 2.31. The van der Waals surface area contributed by atoms with Crippen LogP contribution in [0.2, 0.25) is 0 Å². The molecular weight excluding hydrogens is 506 g/mol. The van der Waals surface area contributed by atoms with E-state index in [4.69, 9.17) is 0 Å². The van der Waals surface area contributed by atoms with E-state index >= 15 is 0 Å². The molecular formula is C32H25N3O3S. The lowest BCUT2D eigenvalue weighted by molar-refractivity contribution is -0.123. The second kappa shape index (κ2) is 10.3. The summed E-state index contributed by atoms with van der Waals surface area (Å²) in [6, 6.07) is 29.2. The number of anilines is 1. The standard InChI is InChI=1S/C32H25N3O3S/c1-21-8-6-12-25(16-21)33-30(36)20-34-18-24(27-14-4-5-15-28(27)34)17-29-31(37)35(32(38)39-29)19-23-11-7-10-22-9-2-3-13-26(22)23/h2-18H,19-20H2,1H3,(H,33,36)/b29-17+. The third-order valence-electron chi connectivity index (χ3n) is 6.80. The van der Waals surface area contributed by atoms with E-state index in [2.05, 4.69) is 5.32 Å². The van der Waals surface area contributed by atoms with Crippen LogP contribution in [0, 0.1) is 6.92 Å². The quantitative estimate of drug-likeness (QED) is 0.240. The van der Waals surface area contributed by atoms with Gasteiger partial charge < -0.3 is 9.88 Å². The summed E-state index contributed by atoms with van der Waals surface area (Å²) in [4.78, 5) is 40.8. The lowest BCUT2D eigenvalue weighted by Crippen LogP contribution is -2.27. The SMILES string of the molecule is Cc1cccc(NC(=O)Cn2cc(/C=C3/SC(=O)N(Cc4cccc5ccccc45)C3=O)c3ccccc32)c1. The minimum absolute atomic E-state index is 0.116. The normalized spacial score (nSPS) is 14.6. The number of nitrogens with one attached hydrogen (secondary N) is 1. The van der Waals surface area contributed by atoms with Crippen molar-refractivity contribution in [1.82, 2.24) is 9.47 Å². The van der Waals surface area contributed by atoms with Crippen molar-refractivity contribution in [3.8, 4) is 0 Å². The van der Waals surface area contributed by atoms with Crippen LogP contribution < -0.4 is 5.32 Å². The number of imide groups is 1. The van der Waals surface area contributed by atoms with Crippen LogP contribution in [-0.2, 0) is 22.7 Å². The van der Waals surface area contributed by atoms with Crippen LogP contribution in [0.3, 0.4) is 0 Å². The van der Waals surface area contributed by atoms with Crippen LogP contribution in [0.5, 0.6) is 0 Å². The Kier molecular flexibility index (Phi) is 6.50. The first kappa shape index (κ1) is 24.7. The van der Waals surface area contributed by atoms with Gasteiger partial charge in [0.05, 0.1) is 11.4 Å². The first-order valence-corrected chi connectivity index (χ1v) is 13.4. The topological polar surface area (TPSA) is 71.4 Å².